The zero-order valence-electron chi connectivity index (χ0n) is 12.0. The Morgan fingerprint density at radius 1 is 0.810 bits per heavy atom. The molecule has 2 heteroatoms. The van der Waals surface area contributed by atoms with E-state index in [-0.39, 0.29) is 0 Å². The predicted octanol–water partition coefficient (Wildman–Crippen LogP) is 3.82. The van der Waals surface area contributed by atoms with Gasteiger partial charge in [0.15, 0.2) is 0 Å². The molecule has 21 heavy (non-hydrogen) atoms. The maximum Gasteiger partial charge on any atom is 0.116 e. The Bertz CT molecular complexity index is 629. The molecule has 1 heterocycles. The van der Waals surface area contributed by atoms with Crippen LogP contribution in [-0.2, 0) is 17.8 Å². The van der Waals surface area contributed by atoms with Crippen LogP contribution in [0.1, 0.15) is 11.1 Å². The van der Waals surface area contributed by atoms with Gasteiger partial charge in [-0.2, -0.15) is 0 Å². The van der Waals surface area contributed by atoms with Crippen molar-refractivity contribution >= 4 is 0 Å². The van der Waals surface area contributed by atoms with Crippen molar-refractivity contribution in [2.24, 2.45) is 0 Å². The molecule has 3 rings (SSSR count). The second-order valence-electron chi connectivity index (χ2n) is 5.12. The Morgan fingerprint density at radius 3 is 2.10 bits per heavy atom. The molecule has 1 aliphatic rings. The van der Waals surface area contributed by atoms with Gasteiger partial charge in [-0.25, -0.2) is 0 Å². The Morgan fingerprint density at radius 2 is 1.48 bits per heavy atom. The first-order valence-electron chi connectivity index (χ1n) is 7.24. The number of rotatable bonds is 5. The van der Waals surface area contributed by atoms with Gasteiger partial charge in [0.25, 0.3) is 0 Å². The van der Waals surface area contributed by atoms with E-state index in [2.05, 4.69) is 53.9 Å². The predicted molar refractivity (Wildman–Crippen MR) is 85.5 cm³/mol. The summed E-state index contributed by atoms with van der Waals surface area (Å²) >= 11 is 0. The average Bonchev–Trinajstić information content (AvgIpc) is 2.56. The van der Waals surface area contributed by atoms with Crippen LogP contribution in [0.25, 0.3) is 0 Å². The summed E-state index contributed by atoms with van der Waals surface area (Å²) in [6, 6.07) is 20.7. The summed E-state index contributed by atoms with van der Waals surface area (Å²) in [7, 11) is 0. The SMILES string of the molecule is C1=C(Cc2ccccc2)NCC(OCc2ccccc2)=C1. The Labute approximate surface area is 125 Å². The first-order valence-corrected chi connectivity index (χ1v) is 7.24. The first-order chi connectivity index (χ1) is 10.4. The van der Waals surface area contributed by atoms with Crippen molar-refractivity contribution in [1.29, 1.82) is 0 Å². The third-order valence-corrected chi connectivity index (χ3v) is 3.46. The number of nitrogens with one attached hydrogen (secondary N) is 1. The molecular weight excluding hydrogens is 258 g/mol. The van der Waals surface area contributed by atoms with Crippen LogP contribution in [0, 0.1) is 0 Å². The average molecular weight is 277 g/mol. The van der Waals surface area contributed by atoms with Crippen LogP contribution >= 0.6 is 0 Å². The summed E-state index contributed by atoms with van der Waals surface area (Å²) in [5, 5.41) is 3.42. The molecule has 0 saturated heterocycles. The summed E-state index contributed by atoms with van der Waals surface area (Å²) in [5.41, 5.74) is 3.74. The fourth-order valence-electron chi connectivity index (χ4n) is 2.30. The second-order valence-corrected chi connectivity index (χ2v) is 5.12. The Balaban J connectivity index is 1.55. The van der Waals surface area contributed by atoms with E-state index >= 15 is 0 Å². The summed E-state index contributed by atoms with van der Waals surface area (Å²) in [6.45, 7) is 1.38. The Kier molecular flexibility index (Phi) is 4.37. The Hall–Kier alpha value is -2.48. The van der Waals surface area contributed by atoms with Gasteiger partial charge < -0.3 is 10.1 Å². The largest absolute Gasteiger partial charge is 0.491 e. The molecule has 1 N–H and O–H groups in total. The molecule has 0 unspecified atom stereocenters. The van der Waals surface area contributed by atoms with Gasteiger partial charge in [-0.3, -0.25) is 0 Å². The number of ether oxygens (including phenoxy) is 1. The molecule has 2 nitrogen and oxygen atoms in total. The summed E-state index contributed by atoms with van der Waals surface area (Å²) < 4.78 is 5.82. The molecule has 1 aliphatic heterocycles. The van der Waals surface area contributed by atoms with Crippen molar-refractivity contribution in [3.05, 3.63) is 95.4 Å². The van der Waals surface area contributed by atoms with E-state index in [1.807, 2.05) is 24.3 Å². The summed E-state index contributed by atoms with van der Waals surface area (Å²) in [6.07, 6.45) is 5.11. The van der Waals surface area contributed by atoms with Gasteiger partial charge in [0, 0.05) is 12.1 Å². The van der Waals surface area contributed by atoms with Crippen LogP contribution in [0.2, 0.25) is 0 Å². The van der Waals surface area contributed by atoms with Crippen LogP contribution in [0.3, 0.4) is 0 Å². The van der Waals surface area contributed by atoms with Gasteiger partial charge in [-0.05, 0) is 23.3 Å². The van der Waals surface area contributed by atoms with Gasteiger partial charge in [0.2, 0.25) is 0 Å². The number of allylic oxidation sites excluding steroid dienone is 3. The monoisotopic (exact) mass is 277 g/mol. The van der Waals surface area contributed by atoms with Crippen molar-refractivity contribution < 1.29 is 4.74 Å². The highest BCUT2D eigenvalue weighted by atomic mass is 16.5. The molecule has 2 aromatic rings. The van der Waals surface area contributed by atoms with Crippen LogP contribution < -0.4 is 5.32 Å². The van der Waals surface area contributed by atoms with E-state index in [9.17, 15) is 0 Å². The van der Waals surface area contributed by atoms with Gasteiger partial charge in [-0.15, -0.1) is 0 Å². The quantitative estimate of drug-likeness (QED) is 0.897. The summed E-state index contributed by atoms with van der Waals surface area (Å²) in [5.74, 6) is 0.982. The van der Waals surface area contributed by atoms with Gasteiger partial charge in [0.05, 0.1) is 6.54 Å². The highest BCUT2D eigenvalue weighted by molar-refractivity contribution is 5.27. The van der Waals surface area contributed by atoms with Crippen molar-refractivity contribution in [1.82, 2.24) is 5.32 Å². The van der Waals surface area contributed by atoms with Crippen molar-refractivity contribution in [3.63, 3.8) is 0 Å². The minimum Gasteiger partial charge on any atom is -0.491 e. The molecule has 0 spiro atoms. The first kappa shape index (κ1) is 13.5. The van der Waals surface area contributed by atoms with Crippen LogP contribution in [0.5, 0.6) is 0 Å². The fourth-order valence-corrected chi connectivity index (χ4v) is 2.30. The zero-order chi connectivity index (χ0) is 14.3. The molecule has 0 atom stereocenters. The molecular formula is C19H19NO. The van der Waals surface area contributed by atoms with Gasteiger partial charge in [0.1, 0.15) is 12.4 Å². The molecule has 0 amide bonds. The minimum atomic E-state index is 0.621. The normalized spacial score (nSPS) is 13.9. The lowest BCUT2D eigenvalue weighted by molar-refractivity contribution is 0.192. The van der Waals surface area contributed by atoms with Gasteiger partial charge in [-0.1, -0.05) is 60.7 Å². The van der Waals surface area contributed by atoms with Crippen molar-refractivity contribution in [2.75, 3.05) is 6.54 Å². The van der Waals surface area contributed by atoms with Gasteiger partial charge >= 0.3 is 0 Å². The lowest BCUT2D eigenvalue weighted by Crippen LogP contribution is -2.22. The molecule has 0 aliphatic carbocycles. The van der Waals surface area contributed by atoms with E-state index < -0.39 is 0 Å². The van der Waals surface area contributed by atoms with Crippen LogP contribution in [0.4, 0.5) is 0 Å². The third kappa shape index (κ3) is 3.99. The van der Waals surface area contributed by atoms with Crippen LogP contribution in [-0.4, -0.2) is 6.54 Å². The van der Waals surface area contributed by atoms with E-state index in [4.69, 9.17) is 4.74 Å². The molecule has 0 radical (unpaired) electrons. The third-order valence-electron chi connectivity index (χ3n) is 3.46. The van der Waals surface area contributed by atoms with Crippen molar-refractivity contribution in [3.8, 4) is 0 Å². The standard InChI is InChI=1S/C19H19NO/c1-3-7-16(8-4-1)13-18-11-12-19(14-20-18)21-15-17-9-5-2-6-10-17/h1-12,20H,13-15H2. The maximum atomic E-state index is 5.82. The molecule has 0 bridgehead atoms. The van der Waals surface area contributed by atoms with E-state index in [0.29, 0.717) is 6.61 Å². The van der Waals surface area contributed by atoms with Crippen molar-refractivity contribution in [2.45, 2.75) is 13.0 Å². The second kappa shape index (κ2) is 6.80. The maximum absolute atomic E-state index is 5.82. The molecule has 2 aromatic carbocycles. The molecule has 106 valence electrons. The van der Waals surface area contributed by atoms with Crippen LogP contribution in [0.15, 0.2) is 84.3 Å². The highest BCUT2D eigenvalue weighted by Gasteiger charge is 2.07. The number of hydrogen-bond donors (Lipinski definition) is 1. The number of hydrogen-bond acceptors (Lipinski definition) is 2. The number of dihydropyridines is 1. The van der Waals surface area contributed by atoms with E-state index in [0.717, 1.165) is 18.7 Å². The zero-order valence-corrected chi connectivity index (χ0v) is 12.0. The number of benzene rings is 2. The summed E-state index contributed by atoms with van der Waals surface area (Å²) in [4.78, 5) is 0. The fraction of sp³-hybridized carbons (Fsp3) is 0.158. The molecule has 0 aromatic heterocycles. The smallest absolute Gasteiger partial charge is 0.116 e. The van der Waals surface area contributed by atoms with E-state index in [1.54, 1.807) is 0 Å². The van der Waals surface area contributed by atoms with E-state index in [1.165, 1.54) is 16.8 Å². The molecule has 0 fully saturated rings. The minimum absolute atomic E-state index is 0.621. The highest BCUT2D eigenvalue weighted by Crippen LogP contribution is 2.12. The lowest BCUT2D eigenvalue weighted by atomic mass is 10.1. The molecule has 0 saturated carbocycles. The lowest BCUT2D eigenvalue weighted by Gasteiger charge is -2.18. The topological polar surface area (TPSA) is 21.3 Å².